The van der Waals surface area contributed by atoms with E-state index in [-0.39, 0.29) is 5.91 Å². The number of nitrogens with zero attached hydrogens (tertiary/aromatic N) is 1. The molecule has 2 unspecified atom stereocenters. The summed E-state index contributed by atoms with van der Waals surface area (Å²) in [4.78, 5) is 12.8. The number of aromatic amines is 1. The zero-order valence-corrected chi connectivity index (χ0v) is 21.6. The number of aromatic nitrogens is 2. The number of hydrogen-bond acceptors (Lipinski definition) is 2. The zero-order chi connectivity index (χ0) is 24.5. The summed E-state index contributed by atoms with van der Waals surface area (Å²) >= 11 is 0. The lowest BCUT2D eigenvalue weighted by molar-refractivity contribution is 0.102. The van der Waals surface area contributed by atoms with Gasteiger partial charge in [0.1, 0.15) is 0 Å². The molecule has 0 aliphatic heterocycles. The lowest BCUT2D eigenvalue weighted by Crippen LogP contribution is -2.12. The summed E-state index contributed by atoms with van der Waals surface area (Å²) in [6.07, 6.45) is 7.88. The van der Waals surface area contributed by atoms with Crippen LogP contribution in [0.15, 0.2) is 48.5 Å². The first-order valence-electron chi connectivity index (χ1n) is 12.9. The van der Waals surface area contributed by atoms with Crippen LogP contribution in [0.25, 0.3) is 0 Å². The lowest BCUT2D eigenvalue weighted by Gasteiger charge is -2.19. The lowest BCUT2D eigenvalue weighted by atomic mass is 9.87. The highest BCUT2D eigenvalue weighted by Gasteiger charge is 2.14. The molecule has 3 aromatic rings. The van der Waals surface area contributed by atoms with Crippen molar-refractivity contribution < 1.29 is 4.79 Å². The molecule has 2 atom stereocenters. The molecular formula is C30H41N3O. The Balaban J connectivity index is 1.57. The van der Waals surface area contributed by atoms with E-state index in [1.54, 1.807) is 0 Å². The molecule has 0 radical (unpaired) electrons. The van der Waals surface area contributed by atoms with E-state index in [1.807, 2.05) is 18.2 Å². The molecule has 0 bridgehead atoms. The standard InChI is InChI=1S/C30H41N3O/c1-6-8-24(12-10-21(3)7-2)25-13-15-26(16-14-25)30(34)31-29-20-28(32-33-29)18-17-27-19-22(4)9-11-23(27)5/h9,11,13-16,19-21,24H,6-8,10,12,17-18H2,1-5H3,(H2,31,32,33,34). The van der Waals surface area contributed by atoms with Crippen LogP contribution in [-0.2, 0) is 12.8 Å². The minimum Gasteiger partial charge on any atom is -0.305 e. The largest absolute Gasteiger partial charge is 0.305 e. The van der Waals surface area contributed by atoms with Gasteiger partial charge in [-0.25, -0.2) is 0 Å². The van der Waals surface area contributed by atoms with Crippen molar-refractivity contribution >= 4 is 11.7 Å². The number of hydrogen-bond donors (Lipinski definition) is 2. The van der Waals surface area contributed by atoms with Gasteiger partial charge in [0.2, 0.25) is 0 Å². The second-order valence-corrected chi connectivity index (χ2v) is 9.86. The van der Waals surface area contributed by atoms with Crippen LogP contribution in [0.2, 0.25) is 0 Å². The number of nitrogens with one attached hydrogen (secondary N) is 2. The van der Waals surface area contributed by atoms with E-state index < -0.39 is 0 Å². The van der Waals surface area contributed by atoms with Crippen LogP contribution in [0.4, 0.5) is 5.82 Å². The van der Waals surface area contributed by atoms with Gasteiger partial charge in [-0.1, -0.05) is 75.9 Å². The van der Waals surface area contributed by atoms with Crippen molar-refractivity contribution in [3.05, 3.63) is 82.0 Å². The van der Waals surface area contributed by atoms with Gasteiger partial charge in [0.15, 0.2) is 5.82 Å². The van der Waals surface area contributed by atoms with Gasteiger partial charge < -0.3 is 5.32 Å². The van der Waals surface area contributed by atoms with Crippen LogP contribution < -0.4 is 5.32 Å². The number of rotatable bonds is 12. The maximum absolute atomic E-state index is 12.8. The maximum Gasteiger partial charge on any atom is 0.256 e. The van der Waals surface area contributed by atoms with Crippen LogP contribution in [-0.4, -0.2) is 16.1 Å². The Hall–Kier alpha value is -2.88. The van der Waals surface area contributed by atoms with Crippen LogP contribution in [0.5, 0.6) is 0 Å². The van der Waals surface area contributed by atoms with Crippen LogP contribution >= 0.6 is 0 Å². The van der Waals surface area contributed by atoms with E-state index in [4.69, 9.17) is 0 Å². The van der Waals surface area contributed by atoms with Gasteiger partial charge in [0.25, 0.3) is 5.91 Å². The first kappa shape index (κ1) is 25.7. The number of carbonyl (C=O) groups excluding carboxylic acids is 1. The Kier molecular flexibility index (Phi) is 9.50. The van der Waals surface area contributed by atoms with Gasteiger partial charge in [-0.05, 0) is 80.2 Å². The van der Waals surface area contributed by atoms with Crippen molar-refractivity contribution in [1.29, 1.82) is 0 Å². The van der Waals surface area contributed by atoms with Crippen molar-refractivity contribution in [2.75, 3.05) is 5.32 Å². The van der Waals surface area contributed by atoms with Gasteiger partial charge in [0.05, 0.1) is 0 Å². The number of aryl methyl sites for hydroxylation is 4. The Bertz CT molecular complexity index is 1050. The number of benzene rings is 2. The summed E-state index contributed by atoms with van der Waals surface area (Å²) in [7, 11) is 0. The third kappa shape index (κ3) is 7.31. The zero-order valence-electron chi connectivity index (χ0n) is 21.6. The Morgan fingerprint density at radius 1 is 0.971 bits per heavy atom. The Morgan fingerprint density at radius 2 is 1.74 bits per heavy atom. The number of amides is 1. The van der Waals surface area contributed by atoms with Gasteiger partial charge >= 0.3 is 0 Å². The molecule has 182 valence electrons. The van der Waals surface area contributed by atoms with E-state index in [2.05, 4.69) is 80.5 Å². The highest BCUT2D eigenvalue weighted by molar-refractivity contribution is 6.03. The summed E-state index contributed by atoms with van der Waals surface area (Å²) in [6.45, 7) is 11.1. The quantitative estimate of drug-likeness (QED) is 0.290. The summed E-state index contributed by atoms with van der Waals surface area (Å²) in [5.41, 5.74) is 6.97. The summed E-state index contributed by atoms with van der Waals surface area (Å²) in [6, 6.07) is 16.7. The van der Waals surface area contributed by atoms with E-state index in [9.17, 15) is 4.79 Å². The second-order valence-electron chi connectivity index (χ2n) is 9.86. The van der Waals surface area contributed by atoms with Crippen LogP contribution in [0, 0.1) is 19.8 Å². The predicted octanol–water partition coefficient (Wildman–Crippen LogP) is 7.77. The van der Waals surface area contributed by atoms with E-state index in [0.29, 0.717) is 17.3 Å². The first-order chi connectivity index (χ1) is 16.4. The maximum atomic E-state index is 12.8. The fourth-order valence-corrected chi connectivity index (χ4v) is 4.50. The molecule has 1 heterocycles. The van der Waals surface area contributed by atoms with Gasteiger partial charge in [-0.2, -0.15) is 5.10 Å². The average Bonchev–Trinajstić information content (AvgIpc) is 3.29. The molecule has 0 aliphatic carbocycles. The van der Waals surface area contributed by atoms with E-state index in [1.165, 1.54) is 54.4 Å². The molecule has 4 heteroatoms. The Morgan fingerprint density at radius 3 is 2.44 bits per heavy atom. The number of anilines is 1. The fourth-order valence-electron chi connectivity index (χ4n) is 4.50. The minimum absolute atomic E-state index is 0.120. The molecule has 2 N–H and O–H groups in total. The van der Waals surface area contributed by atoms with Crippen LogP contribution in [0.3, 0.4) is 0 Å². The molecule has 0 spiro atoms. The molecule has 0 saturated carbocycles. The molecule has 0 saturated heterocycles. The summed E-state index contributed by atoms with van der Waals surface area (Å²) in [5.74, 6) is 1.79. The topological polar surface area (TPSA) is 57.8 Å². The molecule has 4 nitrogen and oxygen atoms in total. The van der Waals surface area contributed by atoms with Gasteiger partial charge in [-0.15, -0.1) is 0 Å². The van der Waals surface area contributed by atoms with E-state index >= 15 is 0 Å². The predicted molar refractivity (Wildman–Crippen MR) is 143 cm³/mol. The monoisotopic (exact) mass is 459 g/mol. The van der Waals surface area contributed by atoms with Crippen molar-refractivity contribution in [2.45, 2.75) is 85.5 Å². The average molecular weight is 460 g/mol. The SMILES string of the molecule is CCCC(CCC(C)CC)c1ccc(C(=O)Nc2cc(CCc3cc(C)ccc3C)[nH]n2)cc1. The molecule has 0 aliphatic rings. The molecular weight excluding hydrogens is 418 g/mol. The van der Waals surface area contributed by atoms with Crippen molar-refractivity contribution in [2.24, 2.45) is 5.92 Å². The minimum atomic E-state index is -0.120. The molecule has 0 fully saturated rings. The molecule has 2 aromatic carbocycles. The third-order valence-corrected chi connectivity index (χ3v) is 7.03. The van der Waals surface area contributed by atoms with Crippen molar-refractivity contribution in [3.8, 4) is 0 Å². The van der Waals surface area contributed by atoms with E-state index in [0.717, 1.165) is 24.5 Å². The highest BCUT2D eigenvalue weighted by Crippen LogP contribution is 2.29. The molecule has 1 aromatic heterocycles. The normalized spacial score (nSPS) is 13.0. The summed E-state index contributed by atoms with van der Waals surface area (Å²) < 4.78 is 0. The molecule has 3 rings (SSSR count). The number of carbonyl (C=O) groups is 1. The van der Waals surface area contributed by atoms with Crippen molar-refractivity contribution in [1.82, 2.24) is 10.2 Å². The van der Waals surface area contributed by atoms with Crippen molar-refractivity contribution in [3.63, 3.8) is 0 Å². The Labute approximate surface area is 205 Å². The number of H-pyrrole nitrogens is 1. The van der Waals surface area contributed by atoms with Gasteiger partial charge in [-0.3, -0.25) is 9.89 Å². The highest BCUT2D eigenvalue weighted by atomic mass is 16.1. The van der Waals surface area contributed by atoms with Gasteiger partial charge in [0, 0.05) is 17.3 Å². The summed E-state index contributed by atoms with van der Waals surface area (Å²) in [5, 5.41) is 10.3. The second kappa shape index (κ2) is 12.5. The first-order valence-corrected chi connectivity index (χ1v) is 12.9. The molecule has 34 heavy (non-hydrogen) atoms. The molecule has 1 amide bonds. The smallest absolute Gasteiger partial charge is 0.256 e. The van der Waals surface area contributed by atoms with Crippen LogP contribution in [0.1, 0.15) is 97.1 Å². The fraction of sp³-hybridized carbons (Fsp3) is 0.467. The third-order valence-electron chi connectivity index (χ3n) is 7.03.